The Bertz CT molecular complexity index is 975. The molecule has 0 radical (unpaired) electrons. The van der Waals surface area contributed by atoms with Crippen molar-refractivity contribution in [3.8, 4) is 0 Å². The summed E-state index contributed by atoms with van der Waals surface area (Å²) >= 11 is 0. The smallest absolute Gasteiger partial charge is 0.258 e. The Hall–Kier alpha value is -2.74. The summed E-state index contributed by atoms with van der Waals surface area (Å²) in [6.07, 6.45) is 3.67. The lowest BCUT2D eigenvalue weighted by atomic mass is 9.99. The van der Waals surface area contributed by atoms with Gasteiger partial charge in [0.25, 0.3) is 11.6 Å². The van der Waals surface area contributed by atoms with Gasteiger partial charge in [0.2, 0.25) is 0 Å². The normalized spacial score (nSPS) is 20.8. The van der Waals surface area contributed by atoms with Crippen molar-refractivity contribution in [2.24, 2.45) is 7.05 Å². The van der Waals surface area contributed by atoms with Crippen molar-refractivity contribution in [1.29, 1.82) is 0 Å². The zero-order valence-electron chi connectivity index (χ0n) is 15.4. The molecule has 1 amide bonds. The van der Waals surface area contributed by atoms with Gasteiger partial charge in [0, 0.05) is 43.6 Å². The average molecular weight is 354 g/mol. The number of amides is 1. The van der Waals surface area contributed by atoms with E-state index < -0.39 is 0 Å². The molecule has 2 atom stereocenters. The molecule has 0 saturated carbocycles. The van der Waals surface area contributed by atoms with E-state index in [-0.39, 0.29) is 17.9 Å². The van der Waals surface area contributed by atoms with Gasteiger partial charge in [-0.05, 0) is 27.0 Å². The molecule has 3 aromatic heterocycles. The van der Waals surface area contributed by atoms with E-state index in [4.69, 9.17) is 4.52 Å². The molecular formula is C18H22N6O2. The quantitative estimate of drug-likeness (QED) is 0.765. The van der Waals surface area contributed by atoms with Gasteiger partial charge in [-0.1, -0.05) is 5.16 Å². The third-order valence-corrected chi connectivity index (χ3v) is 5.04. The highest BCUT2D eigenvalue weighted by Crippen LogP contribution is 2.27. The van der Waals surface area contributed by atoms with Gasteiger partial charge in [-0.15, -0.1) is 0 Å². The van der Waals surface area contributed by atoms with Crippen LogP contribution in [-0.4, -0.2) is 56.7 Å². The van der Waals surface area contributed by atoms with Crippen LogP contribution in [0.1, 0.15) is 33.4 Å². The lowest BCUT2D eigenvalue weighted by Gasteiger charge is -2.20. The summed E-state index contributed by atoms with van der Waals surface area (Å²) < 4.78 is 7.26. The molecular weight excluding hydrogens is 332 g/mol. The van der Waals surface area contributed by atoms with Crippen LogP contribution < -0.4 is 5.32 Å². The van der Waals surface area contributed by atoms with Gasteiger partial charge in [-0.25, -0.2) is 9.97 Å². The number of rotatable bonds is 3. The van der Waals surface area contributed by atoms with E-state index in [9.17, 15) is 4.79 Å². The second kappa shape index (κ2) is 6.21. The van der Waals surface area contributed by atoms with Crippen LogP contribution in [0, 0.1) is 13.8 Å². The molecule has 8 nitrogen and oxygen atoms in total. The Balaban J connectivity index is 1.66. The molecule has 1 N–H and O–H groups in total. The van der Waals surface area contributed by atoms with E-state index in [2.05, 4.69) is 32.4 Å². The molecule has 8 heteroatoms. The highest BCUT2D eigenvalue weighted by atomic mass is 16.5. The standard InChI is InChI=1S/C18H22N6O2/c1-10-5-12(16-11(2)22-26-18(16)20-10)17(25)21-14-8-23(3)7-13(14)15-6-19-9-24(15)4/h5-6,9,13-14H,7-8H2,1-4H3,(H,21,25)/t13-,14-/m1/s1. The largest absolute Gasteiger partial charge is 0.347 e. The highest BCUT2D eigenvalue weighted by molar-refractivity contribution is 6.06. The first kappa shape index (κ1) is 16.7. The summed E-state index contributed by atoms with van der Waals surface area (Å²) in [5.41, 5.74) is 3.48. The molecule has 1 saturated heterocycles. The number of fused-ring (bicyclic) bond motifs is 1. The first-order valence-electron chi connectivity index (χ1n) is 8.63. The van der Waals surface area contributed by atoms with Crippen molar-refractivity contribution in [3.05, 3.63) is 41.2 Å². The van der Waals surface area contributed by atoms with Crippen LogP contribution in [0.15, 0.2) is 23.1 Å². The number of aryl methyl sites for hydroxylation is 3. The predicted octanol–water partition coefficient (Wildman–Crippen LogP) is 1.40. The number of imidazole rings is 1. The zero-order chi connectivity index (χ0) is 18.4. The Morgan fingerprint density at radius 3 is 2.85 bits per heavy atom. The number of hydrogen-bond acceptors (Lipinski definition) is 6. The number of carbonyl (C=O) groups excluding carboxylic acids is 1. The summed E-state index contributed by atoms with van der Waals surface area (Å²) in [5, 5.41) is 7.84. The molecule has 0 bridgehead atoms. The lowest BCUT2D eigenvalue weighted by Crippen LogP contribution is -2.40. The van der Waals surface area contributed by atoms with Gasteiger partial charge in [0.1, 0.15) is 0 Å². The molecule has 26 heavy (non-hydrogen) atoms. The molecule has 1 aliphatic heterocycles. The monoisotopic (exact) mass is 354 g/mol. The predicted molar refractivity (Wildman–Crippen MR) is 96.0 cm³/mol. The molecule has 3 aromatic rings. The van der Waals surface area contributed by atoms with Crippen molar-refractivity contribution < 1.29 is 9.32 Å². The van der Waals surface area contributed by atoms with Crippen molar-refractivity contribution in [1.82, 2.24) is 29.9 Å². The summed E-state index contributed by atoms with van der Waals surface area (Å²) in [4.78, 5) is 23.8. The number of aromatic nitrogens is 4. The van der Waals surface area contributed by atoms with Crippen molar-refractivity contribution in [2.75, 3.05) is 20.1 Å². The molecule has 1 aliphatic rings. The minimum atomic E-state index is -0.126. The first-order valence-corrected chi connectivity index (χ1v) is 8.63. The maximum Gasteiger partial charge on any atom is 0.258 e. The fourth-order valence-electron chi connectivity index (χ4n) is 3.81. The zero-order valence-corrected chi connectivity index (χ0v) is 15.4. The van der Waals surface area contributed by atoms with E-state index in [1.807, 2.05) is 31.7 Å². The third-order valence-electron chi connectivity index (χ3n) is 5.04. The van der Waals surface area contributed by atoms with E-state index >= 15 is 0 Å². The van der Waals surface area contributed by atoms with E-state index in [1.54, 1.807) is 12.4 Å². The van der Waals surface area contributed by atoms with Gasteiger partial charge in [0.15, 0.2) is 0 Å². The number of hydrogen-bond donors (Lipinski definition) is 1. The summed E-state index contributed by atoms with van der Waals surface area (Å²) in [5.74, 6) is 0.0673. The van der Waals surface area contributed by atoms with Crippen molar-refractivity contribution >= 4 is 17.0 Å². The lowest BCUT2D eigenvalue weighted by molar-refractivity contribution is 0.0936. The minimum Gasteiger partial charge on any atom is -0.347 e. The van der Waals surface area contributed by atoms with Crippen LogP contribution in [0.25, 0.3) is 11.1 Å². The summed E-state index contributed by atoms with van der Waals surface area (Å²) in [6.45, 7) is 5.33. The molecule has 0 unspecified atom stereocenters. The summed E-state index contributed by atoms with van der Waals surface area (Å²) in [6, 6.07) is 1.80. The molecule has 1 fully saturated rings. The van der Waals surface area contributed by atoms with Gasteiger partial charge >= 0.3 is 0 Å². The molecule has 0 aromatic carbocycles. The second-order valence-corrected chi connectivity index (χ2v) is 7.10. The number of pyridine rings is 1. The Labute approximate surface area is 151 Å². The van der Waals surface area contributed by atoms with E-state index in [1.165, 1.54) is 0 Å². The fourth-order valence-corrected chi connectivity index (χ4v) is 3.81. The van der Waals surface area contributed by atoms with Crippen LogP contribution in [-0.2, 0) is 7.05 Å². The number of likely N-dealkylation sites (N-methyl/N-ethyl adjacent to an activating group) is 1. The molecule has 4 rings (SSSR count). The third kappa shape index (κ3) is 2.76. The topological polar surface area (TPSA) is 89.1 Å². The Morgan fingerprint density at radius 1 is 1.31 bits per heavy atom. The fraction of sp³-hybridized carbons (Fsp3) is 0.444. The van der Waals surface area contributed by atoms with Crippen LogP contribution >= 0.6 is 0 Å². The van der Waals surface area contributed by atoms with Gasteiger partial charge in [-0.2, -0.15) is 0 Å². The van der Waals surface area contributed by atoms with Crippen molar-refractivity contribution in [2.45, 2.75) is 25.8 Å². The van der Waals surface area contributed by atoms with Crippen molar-refractivity contribution in [3.63, 3.8) is 0 Å². The van der Waals surface area contributed by atoms with Gasteiger partial charge in [0.05, 0.1) is 29.0 Å². The Morgan fingerprint density at radius 2 is 2.12 bits per heavy atom. The highest BCUT2D eigenvalue weighted by Gasteiger charge is 2.35. The summed E-state index contributed by atoms with van der Waals surface area (Å²) in [7, 11) is 4.05. The van der Waals surface area contributed by atoms with Gasteiger partial charge in [-0.3, -0.25) is 4.79 Å². The number of likely N-dealkylation sites (tertiary alicyclic amines) is 1. The number of nitrogens with one attached hydrogen (secondary N) is 1. The maximum atomic E-state index is 13.1. The average Bonchev–Trinajstić information content (AvgIpc) is 3.26. The number of carbonyl (C=O) groups is 1. The van der Waals surface area contributed by atoms with Crippen LogP contribution in [0.5, 0.6) is 0 Å². The minimum absolute atomic E-state index is 0.00610. The molecule has 0 aliphatic carbocycles. The van der Waals surface area contributed by atoms with Crippen LogP contribution in [0.4, 0.5) is 0 Å². The molecule has 4 heterocycles. The SMILES string of the molecule is Cc1cc(C(=O)N[C@@H]2CN(C)C[C@H]2c2cncn2C)c2c(C)noc2n1. The van der Waals surface area contributed by atoms with Crippen LogP contribution in [0.3, 0.4) is 0 Å². The maximum absolute atomic E-state index is 13.1. The second-order valence-electron chi connectivity index (χ2n) is 7.10. The van der Waals surface area contributed by atoms with E-state index in [0.29, 0.717) is 22.4 Å². The molecule has 0 spiro atoms. The first-order chi connectivity index (χ1) is 12.4. The Kier molecular flexibility index (Phi) is 3.99. The van der Waals surface area contributed by atoms with E-state index in [0.717, 1.165) is 24.5 Å². The number of nitrogens with zero attached hydrogens (tertiary/aromatic N) is 5. The van der Waals surface area contributed by atoms with Crippen LogP contribution in [0.2, 0.25) is 0 Å². The van der Waals surface area contributed by atoms with Gasteiger partial charge < -0.3 is 19.3 Å². The molecule has 136 valence electrons.